The second-order valence-electron chi connectivity index (χ2n) is 4.23. The monoisotopic (exact) mass is 588 g/mol. The van der Waals surface area contributed by atoms with Crippen LogP contribution in [0.15, 0.2) is 39.3 Å². The summed E-state index contributed by atoms with van der Waals surface area (Å²) in [5, 5.41) is 0. The van der Waals surface area contributed by atoms with Gasteiger partial charge < -0.3 is 9.47 Å². The first-order valence-corrected chi connectivity index (χ1v) is 9.57. The molecule has 0 aliphatic heterocycles. The van der Waals surface area contributed by atoms with Gasteiger partial charge in [0.25, 0.3) is 0 Å². The third-order valence-corrected chi connectivity index (χ3v) is 6.15. The second-order valence-corrected chi connectivity index (χ2v) is 8.04. The highest BCUT2D eigenvalue weighted by Crippen LogP contribution is 2.45. The van der Waals surface area contributed by atoms with Gasteiger partial charge in [-0.15, -0.1) is 0 Å². The van der Waals surface area contributed by atoms with Crippen molar-refractivity contribution in [3.8, 4) is 11.5 Å². The Labute approximate surface area is 163 Å². The molecule has 0 N–H and O–H groups in total. The molecule has 6 heteroatoms. The van der Waals surface area contributed by atoms with Crippen molar-refractivity contribution < 1.29 is 9.47 Å². The highest BCUT2D eigenvalue weighted by molar-refractivity contribution is 14.1. The highest BCUT2D eigenvalue weighted by Gasteiger charge is 2.21. The number of methoxy groups -OCH3 is 2. The van der Waals surface area contributed by atoms with Crippen LogP contribution in [0.25, 0.3) is 0 Å². The molecule has 1 atom stereocenters. The molecule has 1 unspecified atom stereocenters. The molecule has 21 heavy (non-hydrogen) atoms. The molecule has 0 amide bonds. The van der Waals surface area contributed by atoms with E-state index in [4.69, 9.17) is 9.47 Å². The maximum absolute atomic E-state index is 5.56. The lowest BCUT2D eigenvalue weighted by atomic mass is 10.0. The summed E-state index contributed by atoms with van der Waals surface area (Å²) < 4.78 is 13.9. The highest BCUT2D eigenvalue weighted by atomic mass is 127. The molecule has 2 aromatic rings. The predicted octanol–water partition coefficient (Wildman–Crippen LogP) is 6.32. The zero-order chi connectivity index (χ0) is 15.6. The summed E-state index contributed by atoms with van der Waals surface area (Å²) >= 11 is 13.2. The molecule has 2 aromatic carbocycles. The van der Waals surface area contributed by atoms with Crippen LogP contribution >= 0.6 is 70.4 Å². The van der Waals surface area contributed by atoms with Crippen LogP contribution in [0.1, 0.15) is 16.0 Å². The van der Waals surface area contributed by atoms with E-state index in [-0.39, 0.29) is 4.83 Å². The molecule has 0 aliphatic rings. The number of halogens is 4. The molecule has 0 saturated carbocycles. The first-order valence-electron chi connectivity index (χ1n) is 5.99. The lowest BCUT2D eigenvalue weighted by Crippen LogP contribution is -2.00. The van der Waals surface area contributed by atoms with Crippen molar-refractivity contribution >= 4 is 70.4 Å². The Kier molecular flexibility index (Phi) is 6.40. The fourth-order valence-electron chi connectivity index (χ4n) is 1.99. The number of hydrogen-bond acceptors (Lipinski definition) is 2. The smallest absolute Gasteiger partial charge is 0.141 e. The largest absolute Gasteiger partial charge is 0.495 e. The van der Waals surface area contributed by atoms with Crippen LogP contribution in [0.5, 0.6) is 11.5 Å². The van der Waals surface area contributed by atoms with E-state index in [1.165, 1.54) is 3.57 Å². The quantitative estimate of drug-likeness (QED) is 0.307. The topological polar surface area (TPSA) is 18.5 Å². The Morgan fingerprint density at radius 3 is 2.33 bits per heavy atom. The number of ether oxygens (including phenoxy) is 2. The predicted molar refractivity (Wildman–Crippen MR) is 105 cm³/mol. The molecule has 112 valence electrons. The van der Waals surface area contributed by atoms with Crippen LogP contribution in [0.2, 0.25) is 0 Å². The molecule has 0 fully saturated rings. The van der Waals surface area contributed by atoms with Crippen molar-refractivity contribution in [2.45, 2.75) is 4.83 Å². The second kappa shape index (κ2) is 7.66. The number of hydrogen-bond donors (Lipinski definition) is 0. The minimum Gasteiger partial charge on any atom is -0.495 e. The summed E-state index contributed by atoms with van der Waals surface area (Å²) in [7, 11) is 3.30. The van der Waals surface area contributed by atoms with Crippen LogP contribution in [0.4, 0.5) is 0 Å². The Morgan fingerprint density at radius 2 is 1.71 bits per heavy atom. The Morgan fingerprint density at radius 1 is 1.00 bits per heavy atom. The minimum absolute atomic E-state index is 0.0127. The van der Waals surface area contributed by atoms with Gasteiger partial charge in [-0.25, -0.2) is 0 Å². The summed E-state index contributed by atoms with van der Waals surface area (Å²) in [4.78, 5) is 0.0127. The molecule has 0 spiro atoms. The van der Waals surface area contributed by atoms with Crippen molar-refractivity contribution in [2.24, 2.45) is 0 Å². The molecular weight excluding hydrogens is 579 g/mol. The van der Waals surface area contributed by atoms with Crippen LogP contribution in [0.3, 0.4) is 0 Å². The lowest BCUT2D eigenvalue weighted by Gasteiger charge is -2.19. The summed E-state index contributed by atoms with van der Waals surface area (Å²) in [6.07, 6.45) is 0. The zero-order valence-corrected chi connectivity index (χ0v) is 18.2. The lowest BCUT2D eigenvalue weighted by molar-refractivity contribution is 0.386. The van der Waals surface area contributed by atoms with Crippen molar-refractivity contribution in [3.63, 3.8) is 0 Å². The van der Waals surface area contributed by atoms with E-state index >= 15 is 0 Å². The SMILES string of the molecule is COc1ccc(C(Br)c2cc(I)ccc2Br)c(OC)c1Br. The molecule has 0 saturated heterocycles. The van der Waals surface area contributed by atoms with Crippen LogP contribution in [-0.4, -0.2) is 14.2 Å². The van der Waals surface area contributed by atoms with E-state index in [0.29, 0.717) is 0 Å². The van der Waals surface area contributed by atoms with E-state index in [1.807, 2.05) is 12.1 Å². The van der Waals surface area contributed by atoms with Crippen molar-refractivity contribution in [1.29, 1.82) is 0 Å². The summed E-state index contributed by atoms with van der Waals surface area (Å²) in [6.45, 7) is 0. The van der Waals surface area contributed by atoms with Crippen LogP contribution in [-0.2, 0) is 0 Å². The molecule has 0 radical (unpaired) electrons. The van der Waals surface area contributed by atoms with Crippen molar-refractivity contribution in [1.82, 2.24) is 0 Å². The van der Waals surface area contributed by atoms with E-state index in [0.717, 1.165) is 31.6 Å². The molecule has 0 bridgehead atoms. The fraction of sp³-hybridized carbons (Fsp3) is 0.200. The zero-order valence-electron chi connectivity index (χ0n) is 11.3. The van der Waals surface area contributed by atoms with E-state index in [9.17, 15) is 0 Å². The van der Waals surface area contributed by atoms with Crippen LogP contribution in [0, 0.1) is 3.57 Å². The first kappa shape index (κ1) is 17.6. The Balaban J connectivity index is 2.55. The van der Waals surface area contributed by atoms with Gasteiger partial charge in [0, 0.05) is 13.6 Å². The van der Waals surface area contributed by atoms with Gasteiger partial charge in [0.1, 0.15) is 16.0 Å². The van der Waals surface area contributed by atoms with Gasteiger partial charge in [0.05, 0.1) is 19.0 Å². The standard InChI is InChI=1S/C15H12Br3IO2/c1-20-12-6-4-9(15(21-2)14(12)18)13(17)10-7-8(19)3-5-11(10)16/h3-7,13H,1-2H3. The average molecular weight is 591 g/mol. The molecular formula is C15H12Br3IO2. The van der Waals surface area contributed by atoms with Gasteiger partial charge in [-0.3, -0.25) is 0 Å². The van der Waals surface area contributed by atoms with Gasteiger partial charge in [-0.2, -0.15) is 0 Å². The first-order chi connectivity index (χ1) is 9.99. The van der Waals surface area contributed by atoms with Gasteiger partial charge in [-0.1, -0.05) is 37.9 Å². The third-order valence-electron chi connectivity index (χ3n) is 3.02. The van der Waals surface area contributed by atoms with Crippen molar-refractivity contribution in [2.75, 3.05) is 14.2 Å². The number of alkyl halides is 1. The molecule has 0 aliphatic carbocycles. The van der Waals surface area contributed by atoms with Gasteiger partial charge in [-0.05, 0) is 68.3 Å². The van der Waals surface area contributed by atoms with Crippen molar-refractivity contribution in [3.05, 3.63) is 54.0 Å². The summed E-state index contributed by atoms with van der Waals surface area (Å²) in [5.74, 6) is 1.51. The normalized spacial score (nSPS) is 12.1. The average Bonchev–Trinajstić information content (AvgIpc) is 2.48. The summed E-state index contributed by atoms with van der Waals surface area (Å²) in [5.41, 5.74) is 2.19. The van der Waals surface area contributed by atoms with Gasteiger partial charge in [0.2, 0.25) is 0 Å². The van der Waals surface area contributed by atoms with Crippen LogP contribution < -0.4 is 9.47 Å². The third kappa shape index (κ3) is 3.76. The Hall–Kier alpha value is 0.210. The van der Waals surface area contributed by atoms with E-state index in [1.54, 1.807) is 14.2 Å². The maximum atomic E-state index is 5.56. The number of benzene rings is 2. The Bertz CT molecular complexity index is 662. The maximum Gasteiger partial charge on any atom is 0.141 e. The van der Waals surface area contributed by atoms with Gasteiger partial charge in [0.15, 0.2) is 0 Å². The summed E-state index contributed by atoms with van der Waals surface area (Å²) in [6, 6.07) is 10.2. The molecule has 0 heterocycles. The molecule has 0 aromatic heterocycles. The molecule has 2 nitrogen and oxygen atoms in total. The minimum atomic E-state index is 0.0127. The van der Waals surface area contributed by atoms with E-state index < -0.39 is 0 Å². The van der Waals surface area contributed by atoms with Gasteiger partial charge >= 0.3 is 0 Å². The fourth-order valence-corrected chi connectivity index (χ4v) is 4.72. The number of rotatable bonds is 4. The molecule has 2 rings (SSSR count). The van der Waals surface area contributed by atoms with E-state index in [2.05, 4.69) is 88.6 Å².